The lowest BCUT2D eigenvalue weighted by Gasteiger charge is -2.21. The second kappa shape index (κ2) is 8.92. The molecule has 4 heteroatoms. The summed E-state index contributed by atoms with van der Waals surface area (Å²) in [6.07, 6.45) is 0.833. The molecule has 0 aliphatic heterocycles. The maximum absolute atomic E-state index is 12.4. The van der Waals surface area contributed by atoms with Gasteiger partial charge in [-0.3, -0.25) is 4.79 Å². The van der Waals surface area contributed by atoms with Crippen molar-refractivity contribution in [3.63, 3.8) is 0 Å². The van der Waals surface area contributed by atoms with Crippen LogP contribution in [0.2, 0.25) is 0 Å². The molecule has 0 aromatic heterocycles. The number of rotatable bonds is 6. The second-order valence-electron chi connectivity index (χ2n) is 8.07. The third-order valence-electron chi connectivity index (χ3n) is 4.70. The third kappa shape index (κ3) is 5.83. The number of hydrogen-bond donors (Lipinski definition) is 1. The molecule has 2 aromatic carbocycles. The van der Waals surface area contributed by atoms with Gasteiger partial charge < -0.3 is 10.1 Å². The van der Waals surface area contributed by atoms with Gasteiger partial charge in [0.2, 0.25) is 0 Å². The Balaban J connectivity index is 2.01. The molecule has 2 rings (SSSR count). The quantitative estimate of drug-likeness (QED) is 0.607. The number of benzene rings is 2. The van der Waals surface area contributed by atoms with Gasteiger partial charge in [0.15, 0.2) is 6.61 Å². The molecule has 0 saturated carbocycles. The predicted octanol–water partition coefficient (Wildman–Crippen LogP) is 6.01. The lowest BCUT2D eigenvalue weighted by molar-refractivity contribution is -0.123. The summed E-state index contributed by atoms with van der Waals surface area (Å²) in [5.41, 5.74) is 4.87. The maximum Gasteiger partial charge on any atom is 0.258 e. The van der Waals surface area contributed by atoms with Gasteiger partial charge in [-0.2, -0.15) is 0 Å². The summed E-state index contributed by atoms with van der Waals surface area (Å²) in [7, 11) is 0. The molecule has 0 heterocycles. The maximum atomic E-state index is 12.4. The highest BCUT2D eigenvalue weighted by Gasteiger charge is 2.17. The molecule has 2 aromatic rings. The molecule has 27 heavy (non-hydrogen) atoms. The Bertz CT molecular complexity index is 809. The van der Waals surface area contributed by atoms with Gasteiger partial charge in [0.1, 0.15) is 5.75 Å². The minimum atomic E-state index is -0.117. The van der Waals surface area contributed by atoms with Crippen LogP contribution in [-0.4, -0.2) is 12.5 Å². The van der Waals surface area contributed by atoms with Crippen molar-refractivity contribution in [3.8, 4) is 5.75 Å². The average molecular weight is 432 g/mol. The van der Waals surface area contributed by atoms with Gasteiger partial charge in [0.05, 0.1) is 10.5 Å². The molecule has 1 unspecified atom stereocenters. The number of amides is 1. The van der Waals surface area contributed by atoms with Crippen LogP contribution in [0.4, 0.5) is 0 Å². The Morgan fingerprint density at radius 1 is 1.15 bits per heavy atom. The van der Waals surface area contributed by atoms with Crippen LogP contribution in [-0.2, 0) is 10.2 Å². The van der Waals surface area contributed by atoms with Crippen molar-refractivity contribution in [2.24, 2.45) is 0 Å². The molecule has 0 radical (unpaired) electrons. The summed E-state index contributed by atoms with van der Waals surface area (Å²) in [5, 5.41) is 3.09. The van der Waals surface area contributed by atoms with E-state index in [9.17, 15) is 4.79 Å². The molecule has 0 aliphatic carbocycles. The lowest BCUT2D eigenvalue weighted by Crippen LogP contribution is -2.32. The molecule has 0 spiro atoms. The molecule has 3 nitrogen and oxygen atoms in total. The van der Waals surface area contributed by atoms with Crippen molar-refractivity contribution in [1.29, 1.82) is 0 Å². The molecule has 146 valence electrons. The van der Waals surface area contributed by atoms with Crippen molar-refractivity contribution in [1.82, 2.24) is 5.32 Å². The van der Waals surface area contributed by atoms with Crippen molar-refractivity contribution in [3.05, 3.63) is 63.1 Å². The van der Waals surface area contributed by atoms with Crippen LogP contribution in [0.15, 0.2) is 40.9 Å². The number of ether oxygens (including phenoxy) is 1. The Labute approximate surface area is 171 Å². The Morgan fingerprint density at radius 3 is 2.41 bits per heavy atom. The summed E-state index contributed by atoms with van der Waals surface area (Å²) in [6.45, 7) is 12.7. The van der Waals surface area contributed by atoms with Gasteiger partial charge in [0, 0.05) is 0 Å². The van der Waals surface area contributed by atoms with Gasteiger partial charge in [0.25, 0.3) is 5.91 Å². The number of carbonyl (C=O) groups is 1. The smallest absolute Gasteiger partial charge is 0.258 e. The minimum absolute atomic E-state index is 0.00509. The van der Waals surface area contributed by atoms with E-state index in [0.717, 1.165) is 16.5 Å². The molecular formula is C23H30BrNO2. The lowest BCUT2D eigenvalue weighted by atomic mass is 9.87. The van der Waals surface area contributed by atoms with E-state index in [0.29, 0.717) is 5.75 Å². The SMILES string of the molecule is CCC(NC(=O)COc1ccc(C(C)(C)C)cc1Br)c1ccc(C)cc1C. The van der Waals surface area contributed by atoms with E-state index < -0.39 is 0 Å². The van der Waals surface area contributed by atoms with Crippen LogP contribution in [0, 0.1) is 13.8 Å². The molecule has 0 aliphatic rings. The standard InChI is InChI=1S/C23H30BrNO2/c1-7-20(18-10-8-15(2)12-16(18)3)25-22(26)14-27-21-11-9-17(13-19(21)24)23(4,5)6/h8-13,20H,7,14H2,1-6H3,(H,25,26). The van der Waals surface area contributed by atoms with E-state index >= 15 is 0 Å². The molecule has 1 N–H and O–H groups in total. The molecule has 0 saturated heterocycles. The first kappa shape index (κ1) is 21.5. The van der Waals surface area contributed by atoms with Gasteiger partial charge in [-0.05, 0) is 70.4 Å². The summed E-state index contributed by atoms with van der Waals surface area (Å²) in [5.74, 6) is 0.561. The van der Waals surface area contributed by atoms with Crippen LogP contribution >= 0.6 is 15.9 Å². The number of carbonyl (C=O) groups excluding carboxylic acids is 1. The van der Waals surface area contributed by atoms with E-state index in [1.165, 1.54) is 16.7 Å². The topological polar surface area (TPSA) is 38.3 Å². The Morgan fingerprint density at radius 2 is 1.85 bits per heavy atom. The normalized spacial score (nSPS) is 12.6. The zero-order chi connectivity index (χ0) is 20.2. The zero-order valence-corrected chi connectivity index (χ0v) is 18.7. The average Bonchev–Trinajstić information content (AvgIpc) is 2.58. The van der Waals surface area contributed by atoms with Crippen molar-refractivity contribution in [2.75, 3.05) is 6.61 Å². The van der Waals surface area contributed by atoms with E-state index in [4.69, 9.17) is 4.74 Å². The largest absolute Gasteiger partial charge is 0.483 e. The molecule has 0 fully saturated rings. The van der Waals surface area contributed by atoms with Crippen LogP contribution in [0.25, 0.3) is 0 Å². The zero-order valence-electron chi connectivity index (χ0n) is 17.2. The van der Waals surface area contributed by atoms with Crippen LogP contribution in [0.3, 0.4) is 0 Å². The van der Waals surface area contributed by atoms with Gasteiger partial charge in [-0.15, -0.1) is 0 Å². The number of aryl methyl sites for hydroxylation is 2. The van der Waals surface area contributed by atoms with E-state index in [1.807, 2.05) is 12.1 Å². The van der Waals surface area contributed by atoms with Gasteiger partial charge in [-0.25, -0.2) is 0 Å². The summed E-state index contributed by atoms with van der Waals surface area (Å²) in [6, 6.07) is 12.3. The van der Waals surface area contributed by atoms with E-state index in [1.54, 1.807) is 0 Å². The first-order chi connectivity index (χ1) is 12.6. The first-order valence-electron chi connectivity index (χ1n) is 9.41. The number of nitrogens with one attached hydrogen (secondary N) is 1. The van der Waals surface area contributed by atoms with Crippen molar-refractivity contribution >= 4 is 21.8 Å². The molecule has 1 atom stereocenters. The van der Waals surface area contributed by atoms with E-state index in [2.05, 4.69) is 87.1 Å². The highest BCUT2D eigenvalue weighted by molar-refractivity contribution is 9.10. The predicted molar refractivity (Wildman–Crippen MR) is 115 cm³/mol. The van der Waals surface area contributed by atoms with Crippen LogP contribution in [0.5, 0.6) is 5.75 Å². The number of halogens is 1. The number of hydrogen-bond acceptors (Lipinski definition) is 2. The Hall–Kier alpha value is -1.81. The van der Waals surface area contributed by atoms with Crippen molar-refractivity contribution in [2.45, 2.75) is 59.4 Å². The van der Waals surface area contributed by atoms with Crippen LogP contribution in [0.1, 0.15) is 62.4 Å². The summed E-state index contributed by atoms with van der Waals surface area (Å²) in [4.78, 5) is 12.4. The van der Waals surface area contributed by atoms with E-state index in [-0.39, 0.29) is 24.0 Å². The third-order valence-corrected chi connectivity index (χ3v) is 5.32. The fourth-order valence-electron chi connectivity index (χ4n) is 3.08. The highest BCUT2D eigenvalue weighted by Crippen LogP contribution is 2.31. The summed E-state index contributed by atoms with van der Waals surface area (Å²) >= 11 is 3.55. The highest BCUT2D eigenvalue weighted by atomic mass is 79.9. The monoisotopic (exact) mass is 431 g/mol. The Kier molecular flexibility index (Phi) is 7.10. The fourth-order valence-corrected chi connectivity index (χ4v) is 3.57. The second-order valence-corrected chi connectivity index (χ2v) is 8.93. The van der Waals surface area contributed by atoms with Gasteiger partial charge in [-0.1, -0.05) is 57.5 Å². The van der Waals surface area contributed by atoms with Crippen molar-refractivity contribution < 1.29 is 9.53 Å². The molecular weight excluding hydrogens is 402 g/mol. The fraction of sp³-hybridized carbons (Fsp3) is 0.435. The minimum Gasteiger partial charge on any atom is -0.483 e. The summed E-state index contributed by atoms with van der Waals surface area (Å²) < 4.78 is 6.60. The molecule has 1 amide bonds. The first-order valence-corrected chi connectivity index (χ1v) is 10.2. The van der Waals surface area contributed by atoms with Crippen LogP contribution < -0.4 is 10.1 Å². The molecule has 0 bridgehead atoms. The van der Waals surface area contributed by atoms with Gasteiger partial charge >= 0.3 is 0 Å².